The summed E-state index contributed by atoms with van der Waals surface area (Å²) in [5.74, 6) is 3.91. The lowest BCUT2D eigenvalue weighted by molar-refractivity contribution is -0.387. The summed E-state index contributed by atoms with van der Waals surface area (Å²) in [7, 11) is 0. The molecule has 0 radical (unpaired) electrons. The quantitative estimate of drug-likeness (QED) is 0.447. The molecule has 0 atom stereocenters. The Labute approximate surface area is 117 Å². The number of benzene rings is 1. The molecule has 1 heterocycles. The number of rotatable bonds is 4. The van der Waals surface area contributed by atoms with E-state index in [-0.39, 0.29) is 17.1 Å². The minimum Gasteiger partial charge on any atom is -0.322 e. The number of nitrogens with zero attached hydrogens (tertiary/aromatic N) is 2. The van der Waals surface area contributed by atoms with E-state index in [2.05, 4.69) is 15.7 Å². The maximum Gasteiger partial charge on any atom is 0.304 e. The standard InChI is InChI=1S/C12H10FN5O3/c13-9-6-8(1-2-10(9)18(20)21)16-12(19)7-3-4-15-11(5-7)17-14/h1-6H,14H2,(H,15,17)(H,16,19). The Morgan fingerprint density at radius 1 is 1.33 bits per heavy atom. The van der Waals surface area contributed by atoms with Crippen molar-refractivity contribution in [1.29, 1.82) is 0 Å². The Kier molecular flexibility index (Phi) is 4.05. The Bertz CT molecular complexity index is 707. The predicted molar refractivity (Wildman–Crippen MR) is 73.1 cm³/mol. The van der Waals surface area contributed by atoms with Crippen LogP contribution in [0.15, 0.2) is 36.5 Å². The van der Waals surface area contributed by atoms with E-state index >= 15 is 0 Å². The summed E-state index contributed by atoms with van der Waals surface area (Å²) >= 11 is 0. The van der Waals surface area contributed by atoms with Crippen LogP contribution in [-0.4, -0.2) is 15.8 Å². The number of carbonyl (C=O) groups excluding carboxylic acids is 1. The smallest absolute Gasteiger partial charge is 0.304 e. The van der Waals surface area contributed by atoms with Gasteiger partial charge in [-0.05, 0) is 18.2 Å². The van der Waals surface area contributed by atoms with Gasteiger partial charge in [-0.15, -0.1) is 0 Å². The minimum atomic E-state index is -1.03. The molecule has 0 spiro atoms. The second-order valence-electron chi connectivity index (χ2n) is 3.95. The summed E-state index contributed by atoms with van der Waals surface area (Å²) < 4.78 is 13.4. The molecule has 0 aliphatic carbocycles. The number of carbonyl (C=O) groups is 1. The maximum absolute atomic E-state index is 13.4. The molecule has 0 bridgehead atoms. The molecule has 1 aromatic carbocycles. The van der Waals surface area contributed by atoms with E-state index in [0.29, 0.717) is 0 Å². The van der Waals surface area contributed by atoms with Crippen LogP contribution in [0.1, 0.15) is 10.4 Å². The molecule has 21 heavy (non-hydrogen) atoms. The van der Waals surface area contributed by atoms with Crippen molar-refractivity contribution in [2.24, 2.45) is 5.84 Å². The van der Waals surface area contributed by atoms with Crippen molar-refractivity contribution in [3.05, 3.63) is 58.0 Å². The number of halogens is 1. The van der Waals surface area contributed by atoms with Crippen molar-refractivity contribution in [2.45, 2.75) is 0 Å². The molecule has 1 amide bonds. The van der Waals surface area contributed by atoms with E-state index in [1.165, 1.54) is 24.4 Å². The molecule has 108 valence electrons. The number of nitrogens with two attached hydrogens (primary N) is 1. The topological polar surface area (TPSA) is 123 Å². The van der Waals surface area contributed by atoms with Crippen molar-refractivity contribution < 1.29 is 14.1 Å². The third kappa shape index (κ3) is 3.28. The highest BCUT2D eigenvalue weighted by Gasteiger charge is 2.15. The van der Waals surface area contributed by atoms with Crippen LogP contribution < -0.4 is 16.6 Å². The highest BCUT2D eigenvalue weighted by molar-refractivity contribution is 6.04. The van der Waals surface area contributed by atoms with Gasteiger partial charge in [-0.2, -0.15) is 4.39 Å². The van der Waals surface area contributed by atoms with Crippen molar-refractivity contribution in [3.63, 3.8) is 0 Å². The number of hydrogen-bond donors (Lipinski definition) is 3. The SMILES string of the molecule is NNc1cc(C(=O)Nc2ccc([N+](=O)[O-])c(F)c2)ccn1. The average molecular weight is 291 g/mol. The van der Waals surface area contributed by atoms with E-state index in [1.807, 2.05) is 0 Å². The number of nitro benzene ring substituents is 1. The molecule has 0 unspecified atom stereocenters. The molecule has 8 nitrogen and oxygen atoms in total. The molecule has 0 saturated heterocycles. The van der Waals surface area contributed by atoms with Gasteiger partial charge in [0.05, 0.1) is 4.92 Å². The van der Waals surface area contributed by atoms with Gasteiger partial charge in [0.2, 0.25) is 5.82 Å². The molecular formula is C12H10FN5O3. The number of aromatic nitrogens is 1. The zero-order valence-corrected chi connectivity index (χ0v) is 10.5. The minimum absolute atomic E-state index is 0.0992. The zero-order valence-electron chi connectivity index (χ0n) is 10.5. The van der Waals surface area contributed by atoms with Crippen molar-refractivity contribution in [1.82, 2.24) is 4.98 Å². The first-order chi connectivity index (χ1) is 10.0. The van der Waals surface area contributed by atoms with Gasteiger partial charge in [-0.25, -0.2) is 10.8 Å². The zero-order chi connectivity index (χ0) is 15.4. The highest BCUT2D eigenvalue weighted by atomic mass is 19.1. The molecule has 0 fully saturated rings. The van der Waals surface area contributed by atoms with Gasteiger partial charge in [0.15, 0.2) is 0 Å². The van der Waals surface area contributed by atoms with Crippen LogP contribution in [-0.2, 0) is 0 Å². The van der Waals surface area contributed by atoms with Gasteiger partial charge < -0.3 is 10.7 Å². The number of amides is 1. The van der Waals surface area contributed by atoms with Gasteiger partial charge in [-0.1, -0.05) is 0 Å². The number of pyridine rings is 1. The first-order valence-corrected chi connectivity index (χ1v) is 5.69. The van der Waals surface area contributed by atoms with Gasteiger partial charge in [-0.3, -0.25) is 14.9 Å². The van der Waals surface area contributed by atoms with E-state index in [0.717, 1.165) is 12.1 Å². The number of anilines is 2. The van der Waals surface area contributed by atoms with Gasteiger partial charge in [0.25, 0.3) is 5.91 Å². The Morgan fingerprint density at radius 3 is 2.71 bits per heavy atom. The first kappa shape index (κ1) is 14.3. The predicted octanol–water partition coefficient (Wildman–Crippen LogP) is 1.67. The van der Waals surface area contributed by atoms with E-state index in [1.54, 1.807) is 0 Å². The number of nitrogens with one attached hydrogen (secondary N) is 2. The molecule has 9 heteroatoms. The average Bonchev–Trinajstić information content (AvgIpc) is 2.47. The second-order valence-corrected chi connectivity index (χ2v) is 3.95. The highest BCUT2D eigenvalue weighted by Crippen LogP contribution is 2.21. The fraction of sp³-hybridized carbons (Fsp3) is 0. The molecule has 0 aliphatic heterocycles. The van der Waals surface area contributed by atoms with Crippen molar-refractivity contribution in [3.8, 4) is 0 Å². The summed E-state index contributed by atoms with van der Waals surface area (Å²) in [6.07, 6.45) is 1.38. The fourth-order valence-corrected chi connectivity index (χ4v) is 1.59. The van der Waals surface area contributed by atoms with E-state index in [4.69, 9.17) is 5.84 Å². The maximum atomic E-state index is 13.4. The summed E-state index contributed by atoms with van der Waals surface area (Å²) in [6.45, 7) is 0. The Morgan fingerprint density at radius 2 is 2.10 bits per heavy atom. The van der Waals surface area contributed by atoms with E-state index in [9.17, 15) is 19.3 Å². The fourth-order valence-electron chi connectivity index (χ4n) is 1.59. The largest absolute Gasteiger partial charge is 0.322 e. The molecule has 0 saturated carbocycles. The number of hydrazine groups is 1. The Balaban J connectivity index is 2.19. The third-order valence-electron chi connectivity index (χ3n) is 2.57. The molecule has 0 aliphatic rings. The monoisotopic (exact) mass is 291 g/mol. The first-order valence-electron chi connectivity index (χ1n) is 5.69. The van der Waals surface area contributed by atoms with Crippen molar-refractivity contribution >= 4 is 23.1 Å². The molecule has 2 rings (SSSR count). The summed E-state index contributed by atoms with van der Waals surface area (Å²) in [6, 6.07) is 5.93. The van der Waals surface area contributed by atoms with Crippen LogP contribution in [0.2, 0.25) is 0 Å². The molecule has 1 aromatic heterocycles. The Hall–Kier alpha value is -3.07. The van der Waals surface area contributed by atoms with Crippen LogP contribution in [0.4, 0.5) is 21.6 Å². The number of nitro groups is 1. The third-order valence-corrected chi connectivity index (χ3v) is 2.57. The molecular weight excluding hydrogens is 281 g/mol. The van der Waals surface area contributed by atoms with Gasteiger partial charge in [0.1, 0.15) is 5.82 Å². The van der Waals surface area contributed by atoms with Crippen molar-refractivity contribution in [2.75, 3.05) is 10.7 Å². The van der Waals surface area contributed by atoms with Crippen LogP contribution in [0.3, 0.4) is 0 Å². The van der Waals surface area contributed by atoms with Gasteiger partial charge in [0, 0.05) is 29.6 Å². The molecule has 2 aromatic rings. The summed E-state index contributed by atoms with van der Waals surface area (Å²) in [4.78, 5) is 25.4. The number of nitrogen functional groups attached to an aromatic ring is 1. The second kappa shape index (κ2) is 5.92. The lowest BCUT2D eigenvalue weighted by Crippen LogP contribution is -2.14. The lowest BCUT2D eigenvalue weighted by Gasteiger charge is -2.06. The summed E-state index contributed by atoms with van der Waals surface area (Å²) in [5.41, 5.74) is 1.97. The lowest BCUT2D eigenvalue weighted by atomic mass is 10.2. The van der Waals surface area contributed by atoms with Gasteiger partial charge >= 0.3 is 5.69 Å². The number of hydrogen-bond acceptors (Lipinski definition) is 6. The normalized spacial score (nSPS) is 10.0. The van der Waals surface area contributed by atoms with Crippen LogP contribution in [0.5, 0.6) is 0 Å². The van der Waals surface area contributed by atoms with Crippen LogP contribution in [0, 0.1) is 15.9 Å². The van der Waals surface area contributed by atoms with E-state index < -0.39 is 22.3 Å². The van der Waals surface area contributed by atoms with Crippen LogP contribution in [0.25, 0.3) is 0 Å². The van der Waals surface area contributed by atoms with Crippen LogP contribution >= 0.6 is 0 Å². The molecule has 4 N–H and O–H groups in total. The summed E-state index contributed by atoms with van der Waals surface area (Å²) in [5, 5.41) is 12.9.